The fourth-order valence-corrected chi connectivity index (χ4v) is 1.30. The average Bonchev–Trinajstić information content (AvgIpc) is 2.24. The number of nitrogens with one attached hydrogen (secondary N) is 2. The first-order valence-corrected chi connectivity index (χ1v) is 5.46. The van der Waals surface area contributed by atoms with E-state index in [0.29, 0.717) is 0 Å². The second-order valence-electron chi connectivity index (χ2n) is 4.00. The van der Waals surface area contributed by atoms with Crippen LogP contribution in [0.2, 0.25) is 0 Å². The fraction of sp³-hybridized carbons (Fsp3) is 0.636. The minimum Gasteiger partial charge on any atom is -0.372 e. The van der Waals surface area contributed by atoms with Crippen LogP contribution in [-0.2, 0) is 0 Å². The van der Waals surface area contributed by atoms with E-state index in [0.717, 1.165) is 24.1 Å². The van der Waals surface area contributed by atoms with Crippen LogP contribution in [0.5, 0.6) is 0 Å². The van der Waals surface area contributed by atoms with Gasteiger partial charge in [-0.1, -0.05) is 13.8 Å². The summed E-state index contributed by atoms with van der Waals surface area (Å²) >= 11 is 0. The van der Waals surface area contributed by atoms with Crippen LogP contribution in [0, 0.1) is 5.92 Å². The summed E-state index contributed by atoms with van der Waals surface area (Å²) in [5.74, 6) is 2.40. The number of nitrogens with zero attached hydrogens (tertiary/aromatic N) is 2. The lowest BCUT2D eigenvalue weighted by atomic mass is 10.1. The molecule has 1 aromatic heterocycles. The van der Waals surface area contributed by atoms with Crippen molar-refractivity contribution < 1.29 is 0 Å². The van der Waals surface area contributed by atoms with Crippen LogP contribution in [0.15, 0.2) is 12.4 Å². The van der Waals surface area contributed by atoms with E-state index in [1.165, 1.54) is 12.8 Å². The minimum absolute atomic E-state index is 0.765. The highest BCUT2D eigenvalue weighted by molar-refractivity contribution is 5.40. The Morgan fingerprint density at radius 1 is 1.27 bits per heavy atom. The van der Waals surface area contributed by atoms with Crippen LogP contribution in [0.1, 0.15) is 26.7 Å². The van der Waals surface area contributed by atoms with Crippen LogP contribution >= 0.6 is 0 Å². The van der Waals surface area contributed by atoms with Gasteiger partial charge in [0, 0.05) is 13.6 Å². The van der Waals surface area contributed by atoms with Gasteiger partial charge in [-0.2, -0.15) is 0 Å². The van der Waals surface area contributed by atoms with E-state index in [1.54, 1.807) is 12.4 Å². The minimum atomic E-state index is 0.765. The number of hydrogen-bond donors (Lipinski definition) is 2. The van der Waals surface area contributed by atoms with Crippen molar-refractivity contribution in [3.05, 3.63) is 12.4 Å². The Morgan fingerprint density at radius 3 is 2.67 bits per heavy atom. The number of hydrogen-bond acceptors (Lipinski definition) is 4. The molecule has 0 bridgehead atoms. The molecule has 0 fully saturated rings. The Kier molecular flexibility index (Phi) is 4.87. The van der Waals surface area contributed by atoms with Gasteiger partial charge in [0.2, 0.25) is 0 Å². The average molecular weight is 208 g/mol. The highest BCUT2D eigenvalue weighted by Gasteiger charge is 1.97. The van der Waals surface area contributed by atoms with Crippen LogP contribution in [0.25, 0.3) is 0 Å². The summed E-state index contributed by atoms with van der Waals surface area (Å²) in [6, 6.07) is 0. The van der Waals surface area contributed by atoms with Gasteiger partial charge in [-0.25, -0.2) is 4.98 Å². The SMILES string of the molecule is CNc1cncc(NCCCC(C)C)n1. The molecule has 84 valence electrons. The van der Waals surface area contributed by atoms with Crippen molar-refractivity contribution in [2.75, 3.05) is 24.2 Å². The molecule has 1 heterocycles. The molecule has 15 heavy (non-hydrogen) atoms. The highest BCUT2D eigenvalue weighted by Crippen LogP contribution is 2.07. The van der Waals surface area contributed by atoms with E-state index < -0.39 is 0 Å². The molecule has 4 nitrogen and oxygen atoms in total. The molecule has 0 unspecified atom stereocenters. The molecule has 0 aliphatic heterocycles. The van der Waals surface area contributed by atoms with Gasteiger partial charge in [0.1, 0.15) is 11.6 Å². The summed E-state index contributed by atoms with van der Waals surface area (Å²) in [5.41, 5.74) is 0. The molecule has 2 N–H and O–H groups in total. The Morgan fingerprint density at radius 2 is 2.00 bits per heavy atom. The van der Waals surface area contributed by atoms with Crippen molar-refractivity contribution in [3.8, 4) is 0 Å². The molecule has 0 amide bonds. The molecule has 1 rings (SSSR count). The van der Waals surface area contributed by atoms with E-state index in [2.05, 4.69) is 34.4 Å². The van der Waals surface area contributed by atoms with E-state index in [1.807, 2.05) is 7.05 Å². The van der Waals surface area contributed by atoms with Gasteiger partial charge in [-0.3, -0.25) is 4.98 Å². The lowest BCUT2D eigenvalue weighted by Gasteiger charge is -2.07. The molecule has 0 aromatic carbocycles. The third-order valence-electron chi connectivity index (χ3n) is 2.16. The summed E-state index contributed by atoms with van der Waals surface area (Å²) in [5, 5.41) is 6.22. The maximum atomic E-state index is 4.32. The summed E-state index contributed by atoms with van der Waals surface area (Å²) < 4.78 is 0. The molecule has 0 radical (unpaired) electrons. The van der Waals surface area contributed by atoms with Crippen molar-refractivity contribution in [2.45, 2.75) is 26.7 Å². The van der Waals surface area contributed by atoms with E-state index in [-0.39, 0.29) is 0 Å². The van der Waals surface area contributed by atoms with Gasteiger partial charge >= 0.3 is 0 Å². The Hall–Kier alpha value is -1.32. The molecule has 4 heteroatoms. The van der Waals surface area contributed by atoms with E-state index in [4.69, 9.17) is 0 Å². The monoisotopic (exact) mass is 208 g/mol. The second-order valence-corrected chi connectivity index (χ2v) is 4.00. The molecule has 0 aliphatic carbocycles. The van der Waals surface area contributed by atoms with Crippen LogP contribution in [0.4, 0.5) is 11.6 Å². The standard InChI is InChI=1S/C11H20N4/c1-9(2)5-4-6-14-11-8-13-7-10(12-3)15-11/h7-9H,4-6H2,1-3H3,(H2,12,14,15). The van der Waals surface area contributed by atoms with Gasteiger partial charge in [0.25, 0.3) is 0 Å². The molecule has 0 aliphatic rings. The topological polar surface area (TPSA) is 49.8 Å². The molecule has 0 saturated heterocycles. The quantitative estimate of drug-likeness (QED) is 0.705. The highest BCUT2D eigenvalue weighted by atomic mass is 15.1. The normalized spacial score (nSPS) is 10.4. The van der Waals surface area contributed by atoms with Crippen molar-refractivity contribution in [3.63, 3.8) is 0 Å². The van der Waals surface area contributed by atoms with Crippen LogP contribution in [0.3, 0.4) is 0 Å². The zero-order valence-corrected chi connectivity index (χ0v) is 9.75. The summed E-state index contributed by atoms with van der Waals surface area (Å²) in [6.45, 7) is 5.43. The zero-order chi connectivity index (χ0) is 11.1. The maximum absolute atomic E-state index is 4.32. The predicted octanol–water partition coefficient (Wildman–Crippen LogP) is 2.37. The van der Waals surface area contributed by atoms with Crippen molar-refractivity contribution in [1.29, 1.82) is 0 Å². The number of anilines is 2. The van der Waals surface area contributed by atoms with Crippen molar-refractivity contribution >= 4 is 11.6 Å². The third-order valence-corrected chi connectivity index (χ3v) is 2.16. The zero-order valence-electron chi connectivity index (χ0n) is 9.75. The van der Waals surface area contributed by atoms with Gasteiger partial charge in [-0.05, 0) is 18.8 Å². The lowest BCUT2D eigenvalue weighted by Crippen LogP contribution is -2.06. The predicted molar refractivity (Wildman–Crippen MR) is 64.1 cm³/mol. The molecular weight excluding hydrogens is 188 g/mol. The van der Waals surface area contributed by atoms with E-state index >= 15 is 0 Å². The molecule has 0 spiro atoms. The summed E-state index contributed by atoms with van der Waals surface area (Å²) in [4.78, 5) is 8.40. The summed E-state index contributed by atoms with van der Waals surface area (Å²) in [6.07, 6.45) is 5.87. The molecule has 0 saturated carbocycles. The summed E-state index contributed by atoms with van der Waals surface area (Å²) in [7, 11) is 1.84. The first-order chi connectivity index (χ1) is 7.22. The molecule has 1 aromatic rings. The molecular formula is C11H20N4. The van der Waals surface area contributed by atoms with Gasteiger partial charge in [0.15, 0.2) is 0 Å². The van der Waals surface area contributed by atoms with Gasteiger partial charge in [-0.15, -0.1) is 0 Å². The second kappa shape index (κ2) is 6.22. The van der Waals surface area contributed by atoms with Crippen LogP contribution in [-0.4, -0.2) is 23.6 Å². The number of aromatic nitrogens is 2. The Balaban J connectivity index is 2.30. The van der Waals surface area contributed by atoms with E-state index in [9.17, 15) is 0 Å². The van der Waals surface area contributed by atoms with Crippen molar-refractivity contribution in [2.24, 2.45) is 5.92 Å². The fourth-order valence-electron chi connectivity index (χ4n) is 1.30. The smallest absolute Gasteiger partial charge is 0.146 e. The molecule has 0 atom stereocenters. The van der Waals surface area contributed by atoms with Gasteiger partial charge in [0.05, 0.1) is 12.4 Å². The largest absolute Gasteiger partial charge is 0.372 e. The maximum Gasteiger partial charge on any atom is 0.146 e. The van der Waals surface area contributed by atoms with Crippen LogP contribution < -0.4 is 10.6 Å². The first kappa shape index (κ1) is 11.8. The number of rotatable bonds is 6. The van der Waals surface area contributed by atoms with Crippen molar-refractivity contribution in [1.82, 2.24) is 9.97 Å². The first-order valence-electron chi connectivity index (χ1n) is 5.46. The third kappa shape index (κ3) is 4.63. The lowest BCUT2D eigenvalue weighted by molar-refractivity contribution is 0.566. The Labute approximate surface area is 91.5 Å². The van der Waals surface area contributed by atoms with Gasteiger partial charge < -0.3 is 10.6 Å². The Bertz CT molecular complexity index is 286.